The van der Waals surface area contributed by atoms with Crippen molar-refractivity contribution >= 4 is 43.2 Å². The first-order valence-corrected chi connectivity index (χ1v) is 6.68. The van der Waals surface area contributed by atoms with Crippen LogP contribution in [0.5, 0.6) is 0 Å². The molecule has 1 aromatic rings. The molecule has 1 unspecified atom stereocenters. The topological polar surface area (TPSA) is 20.2 Å². The molecule has 1 heterocycles. The van der Waals surface area contributed by atoms with Crippen LogP contribution in [0.3, 0.4) is 0 Å². The molecule has 0 saturated heterocycles. The van der Waals surface area contributed by atoms with Gasteiger partial charge in [-0.15, -0.1) is 17.9 Å². The summed E-state index contributed by atoms with van der Waals surface area (Å²) >= 11 is 8.37. The molecule has 1 rings (SSSR count). The van der Waals surface area contributed by atoms with Crippen LogP contribution in [0, 0.1) is 0 Å². The highest BCUT2D eigenvalue weighted by Crippen LogP contribution is 2.36. The van der Waals surface area contributed by atoms with E-state index < -0.39 is 0 Å². The molecule has 14 heavy (non-hydrogen) atoms. The van der Waals surface area contributed by atoms with Gasteiger partial charge in [0, 0.05) is 9.35 Å². The summed E-state index contributed by atoms with van der Waals surface area (Å²) in [6, 6.07) is 1.96. The van der Waals surface area contributed by atoms with E-state index >= 15 is 0 Å². The second kappa shape index (κ2) is 5.45. The minimum Gasteiger partial charge on any atom is -0.388 e. The lowest BCUT2D eigenvalue weighted by molar-refractivity contribution is 0.171. The summed E-state index contributed by atoms with van der Waals surface area (Å²) in [6.07, 6.45) is 1.24. The Morgan fingerprint density at radius 1 is 1.64 bits per heavy atom. The molecule has 1 atom stereocenters. The van der Waals surface area contributed by atoms with Gasteiger partial charge in [0.05, 0.1) is 9.89 Å². The van der Waals surface area contributed by atoms with Gasteiger partial charge in [-0.3, -0.25) is 0 Å². The zero-order chi connectivity index (χ0) is 10.7. The second-order valence-electron chi connectivity index (χ2n) is 3.28. The lowest BCUT2D eigenvalue weighted by Crippen LogP contribution is -1.94. The van der Waals surface area contributed by atoms with Gasteiger partial charge in [-0.25, -0.2) is 0 Å². The third kappa shape index (κ3) is 3.50. The standard InChI is InChI=1S/C10H12Br2OS/c1-6(2)3-4-8(13)9-5-7(11)10(12)14-9/h5,8,13H,1,3-4H2,2H3. The number of thiophene rings is 1. The maximum absolute atomic E-state index is 9.83. The van der Waals surface area contributed by atoms with E-state index in [1.54, 1.807) is 11.3 Å². The van der Waals surface area contributed by atoms with Crippen molar-refractivity contribution in [1.29, 1.82) is 0 Å². The first kappa shape index (κ1) is 12.4. The highest BCUT2D eigenvalue weighted by molar-refractivity contribution is 9.13. The lowest BCUT2D eigenvalue weighted by atomic mass is 10.1. The molecule has 4 heteroatoms. The Labute approximate surface area is 105 Å². The molecule has 0 aromatic carbocycles. The van der Waals surface area contributed by atoms with Gasteiger partial charge in [-0.2, -0.15) is 0 Å². The SMILES string of the molecule is C=C(C)CCC(O)c1cc(Br)c(Br)s1. The molecule has 0 bridgehead atoms. The highest BCUT2D eigenvalue weighted by Gasteiger charge is 2.12. The minimum atomic E-state index is -0.376. The van der Waals surface area contributed by atoms with Gasteiger partial charge in [-0.05, 0) is 57.7 Å². The fraction of sp³-hybridized carbons (Fsp3) is 0.400. The summed E-state index contributed by atoms with van der Waals surface area (Å²) in [4.78, 5) is 0.991. The molecular formula is C10H12Br2OS. The number of hydrogen-bond acceptors (Lipinski definition) is 2. The van der Waals surface area contributed by atoms with Crippen LogP contribution in [0.1, 0.15) is 30.7 Å². The number of aliphatic hydroxyl groups is 1. The van der Waals surface area contributed by atoms with Crippen LogP contribution in [0.4, 0.5) is 0 Å². The van der Waals surface area contributed by atoms with E-state index in [2.05, 4.69) is 38.4 Å². The Balaban J connectivity index is 2.60. The van der Waals surface area contributed by atoms with E-state index in [4.69, 9.17) is 0 Å². The number of rotatable bonds is 4. The molecule has 1 nitrogen and oxygen atoms in total. The zero-order valence-electron chi connectivity index (χ0n) is 7.89. The average molecular weight is 340 g/mol. The molecule has 0 aliphatic rings. The average Bonchev–Trinajstić information content (AvgIpc) is 2.43. The largest absolute Gasteiger partial charge is 0.388 e. The zero-order valence-corrected chi connectivity index (χ0v) is 11.9. The Hall–Kier alpha value is 0.360. The number of aliphatic hydroxyl groups excluding tert-OH is 1. The fourth-order valence-electron chi connectivity index (χ4n) is 1.05. The quantitative estimate of drug-likeness (QED) is 0.791. The van der Waals surface area contributed by atoms with Crippen molar-refractivity contribution < 1.29 is 5.11 Å². The van der Waals surface area contributed by atoms with Crippen molar-refractivity contribution in [2.24, 2.45) is 0 Å². The van der Waals surface area contributed by atoms with Gasteiger partial charge in [-0.1, -0.05) is 5.57 Å². The van der Waals surface area contributed by atoms with Crippen molar-refractivity contribution in [2.45, 2.75) is 25.9 Å². The van der Waals surface area contributed by atoms with Crippen LogP contribution in [0.15, 0.2) is 26.5 Å². The molecule has 0 aliphatic heterocycles. The summed E-state index contributed by atoms with van der Waals surface area (Å²) in [5, 5.41) is 9.83. The lowest BCUT2D eigenvalue weighted by Gasteiger charge is -2.07. The maximum atomic E-state index is 9.83. The molecule has 0 amide bonds. The van der Waals surface area contributed by atoms with Crippen molar-refractivity contribution in [3.8, 4) is 0 Å². The molecule has 0 fully saturated rings. The maximum Gasteiger partial charge on any atom is 0.0885 e. The second-order valence-corrected chi connectivity index (χ2v) is 6.54. The van der Waals surface area contributed by atoms with Crippen molar-refractivity contribution in [2.75, 3.05) is 0 Å². The van der Waals surface area contributed by atoms with E-state index in [1.807, 2.05) is 13.0 Å². The predicted octanol–water partition coefficient (Wildman–Crippen LogP) is 4.66. The van der Waals surface area contributed by atoms with E-state index in [9.17, 15) is 5.11 Å². The van der Waals surface area contributed by atoms with Crippen LogP contribution in [0.25, 0.3) is 0 Å². The fourth-order valence-corrected chi connectivity index (χ4v) is 3.16. The Morgan fingerprint density at radius 2 is 2.29 bits per heavy atom. The first-order chi connectivity index (χ1) is 6.50. The van der Waals surface area contributed by atoms with Gasteiger partial charge in [0.2, 0.25) is 0 Å². The molecule has 0 radical (unpaired) electrons. The monoisotopic (exact) mass is 338 g/mol. The van der Waals surface area contributed by atoms with Crippen LogP contribution >= 0.6 is 43.2 Å². The van der Waals surface area contributed by atoms with Crippen molar-refractivity contribution in [1.82, 2.24) is 0 Å². The molecular weight excluding hydrogens is 328 g/mol. The van der Waals surface area contributed by atoms with Crippen LogP contribution in [-0.4, -0.2) is 5.11 Å². The smallest absolute Gasteiger partial charge is 0.0885 e. The molecule has 0 saturated carbocycles. The molecule has 1 N–H and O–H groups in total. The predicted molar refractivity (Wildman–Crippen MR) is 68.7 cm³/mol. The van der Waals surface area contributed by atoms with E-state index in [1.165, 1.54) is 0 Å². The van der Waals surface area contributed by atoms with Crippen molar-refractivity contribution in [3.63, 3.8) is 0 Å². The van der Waals surface area contributed by atoms with E-state index in [-0.39, 0.29) is 6.10 Å². The third-order valence-corrected chi connectivity index (χ3v) is 5.19. The van der Waals surface area contributed by atoms with Gasteiger partial charge >= 0.3 is 0 Å². The van der Waals surface area contributed by atoms with Crippen LogP contribution in [-0.2, 0) is 0 Å². The normalized spacial score (nSPS) is 12.9. The molecule has 0 spiro atoms. The Morgan fingerprint density at radius 3 is 2.71 bits per heavy atom. The Kier molecular flexibility index (Phi) is 4.83. The minimum absolute atomic E-state index is 0.376. The van der Waals surface area contributed by atoms with Crippen LogP contribution < -0.4 is 0 Å². The highest BCUT2D eigenvalue weighted by atomic mass is 79.9. The van der Waals surface area contributed by atoms with Gasteiger partial charge in [0.25, 0.3) is 0 Å². The first-order valence-electron chi connectivity index (χ1n) is 4.28. The van der Waals surface area contributed by atoms with Gasteiger partial charge in [0.1, 0.15) is 0 Å². The molecule has 78 valence electrons. The van der Waals surface area contributed by atoms with E-state index in [0.29, 0.717) is 0 Å². The third-order valence-electron chi connectivity index (χ3n) is 1.84. The summed E-state index contributed by atoms with van der Waals surface area (Å²) in [6.45, 7) is 5.80. The van der Waals surface area contributed by atoms with Crippen LogP contribution in [0.2, 0.25) is 0 Å². The molecule has 0 aliphatic carbocycles. The van der Waals surface area contributed by atoms with E-state index in [0.717, 1.165) is 31.6 Å². The number of allylic oxidation sites excluding steroid dienone is 1. The van der Waals surface area contributed by atoms with Gasteiger partial charge < -0.3 is 5.11 Å². The summed E-state index contributed by atoms with van der Waals surface area (Å²) < 4.78 is 2.04. The number of hydrogen-bond donors (Lipinski definition) is 1. The van der Waals surface area contributed by atoms with Crippen molar-refractivity contribution in [3.05, 3.63) is 31.4 Å². The molecule has 1 aromatic heterocycles. The van der Waals surface area contributed by atoms with Gasteiger partial charge in [0.15, 0.2) is 0 Å². The number of halogens is 2. The summed E-state index contributed by atoms with van der Waals surface area (Å²) in [7, 11) is 0. The summed E-state index contributed by atoms with van der Waals surface area (Å²) in [5.41, 5.74) is 1.11. The summed E-state index contributed by atoms with van der Waals surface area (Å²) in [5.74, 6) is 0. The Bertz CT molecular complexity index is 313.